The van der Waals surface area contributed by atoms with E-state index in [1.807, 2.05) is 45.2 Å². The topological polar surface area (TPSA) is 67.0 Å². The molecule has 3 rings (SSSR count). The van der Waals surface area contributed by atoms with Crippen molar-refractivity contribution in [2.45, 2.75) is 64.0 Å². The van der Waals surface area contributed by atoms with E-state index in [4.69, 9.17) is 4.74 Å². The number of hydrogen-bond donors (Lipinski definition) is 2. The van der Waals surface area contributed by atoms with Crippen molar-refractivity contribution in [3.8, 4) is 11.4 Å². The molecule has 0 saturated heterocycles. The maximum absolute atomic E-state index is 12.0. The number of nitrogens with zero attached hydrogens (tertiary/aromatic N) is 1. The summed E-state index contributed by atoms with van der Waals surface area (Å²) in [6.45, 7) is 5.64. The van der Waals surface area contributed by atoms with Gasteiger partial charge in [0.15, 0.2) is 0 Å². The van der Waals surface area contributed by atoms with Crippen LogP contribution in [0.1, 0.15) is 58.1 Å². The third-order valence-electron chi connectivity index (χ3n) is 4.48. The van der Waals surface area contributed by atoms with Crippen LogP contribution < -0.4 is 5.32 Å². The Bertz CT molecular complexity index is 703. The normalized spacial score (nSPS) is 20.9. The first-order valence-electron chi connectivity index (χ1n) is 9.00. The Morgan fingerprint density at radius 1 is 1.24 bits per heavy atom. The molecular formula is C20H27N3O2. The van der Waals surface area contributed by atoms with Crippen LogP contribution >= 0.6 is 0 Å². The predicted molar refractivity (Wildman–Crippen MR) is 98.4 cm³/mol. The quantitative estimate of drug-likeness (QED) is 0.855. The highest BCUT2D eigenvalue weighted by Crippen LogP contribution is 2.33. The number of aromatic nitrogens is 2. The number of hydrogen-bond acceptors (Lipinski definition) is 3. The molecule has 2 N–H and O–H groups in total. The van der Waals surface area contributed by atoms with Crippen LogP contribution in [-0.2, 0) is 4.74 Å². The predicted octanol–water partition coefficient (Wildman–Crippen LogP) is 4.63. The number of ether oxygens (including phenoxy) is 1. The van der Waals surface area contributed by atoms with Crippen LogP contribution in [0.25, 0.3) is 11.4 Å². The first kappa shape index (κ1) is 17.5. The summed E-state index contributed by atoms with van der Waals surface area (Å²) in [4.78, 5) is 20.0. The first-order chi connectivity index (χ1) is 11.9. The van der Waals surface area contributed by atoms with Crippen molar-refractivity contribution >= 4 is 6.09 Å². The Morgan fingerprint density at radius 2 is 2.00 bits per heavy atom. The van der Waals surface area contributed by atoms with Gasteiger partial charge in [-0.05, 0) is 40.0 Å². The fourth-order valence-electron chi connectivity index (χ4n) is 3.36. The summed E-state index contributed by atoms with van der Waals surface area (Å²) < 4.78 is 5.37. The molecule has 0 bridgehead atoms. The van der Waals surface area contributed by atoms with Crippen LogP contribution in [-0.4, -0.2) is 27.7 Å². The number of amides is 1. The van der Waals surface area contributed by atoms with Gasteiger partial charge in [-0.2, -0.15) is 0 Å². The minimum atomic E-state index is -0.466. The maximum Gasteiger partial charge on any atom is 0.407 e. The highest BCUT2D eigenvalue weighted by Gasteiger charge is 2.27. The third-order valence-corrected chi connectivity index (χ3v) is 4.48. The lowest BCUT2D eigenvalue weighted by molar-refractivity contribution is 0.0490. The second-order valence-corrected chi connectivity index (χ2v) is 7.76. The zero-order chi connectivity index (χ0) is 17.9. The molecule has 0 spiro atoms. The molecule has 5 heteroatoms. The molecule has 1 heterocycles. The van der Waals surface area contributed by atoms with Gasteiger partial charge in [0.05, 0.1) is 0 Å². The van der Waals surface area contributed by atoms with E-state index >= 15 is 0 Å². The zero-order valence-corrected chi connectivity index (χ0v) is 15.2. The van der Waals surface area contributed by atoms with Crippen molar-refractivity contribution in [2.75, 3.05) is 0 Å². The molecule has 134 valence electrons. The van der Waals surface area contributed by atoms with Gasteiger partial charge in [0.2, 0.25) is 0 Å². The molecule has 2 aromatic rings. The number of alkyl carbamates (subject to hydrolysis) is 1. The van der Waals surface area contributed by atoms with Crippen molar-refractivity contribution in [2.24, 2.45) is 0 Å². The highest BCUT2D eigenvalue weighted by atomic mass is 16.6. The summed E-state index contributed by atoms with van der Waals surface area (Å²) in [5.74, 6) is 1.29. The molecule has 0 radical (unpaired) electrons. The van der Waals surface area contributed by atoms with E-state index in [0.29, 0.717) is 5.92 Å². The molecule has 1 aliphatic rings. The number of nitrogens with one attached hydrogen (secondary N) is 2. The van der Waals surface area contributed by atoms with Gasteiger partial charge in [-0.3, -0.25) is 0 Å². The molecule has 1 aliphatic carbocycles. The molecule has 1 fully saturated rings. The number of carbonyl (C=O) groups excluding carboxylic acids is 1. The molecule has 25 heavy (non-hydrogen) atoms. The van der Waals surface area contributed by atoms with E-state index in [2.05, 4.69) is 27.4 Å². The molecular weight excluding hydrogens is 314 g/mol. The third kappa shape index (κ3) is 4.84. The summed E-state index contributed by atoms with van der Waals surface area (Å²) in [6, 6.07) is 10.3. The standard InChI is InChI=1S/C20H27N3O2/c1-20(2,3)25-19(24)22-16-11-7-10-15(12-16)17-13-21-18(23-17)14-8-5-4-6-9-14/h4-6,8-9,13,15-16H,7,10-12H2,1-3H3,(H,21,23)(H,22,24)/t15-,16+/m0/s1. The number of benzene rings is 1. The number of imidazole rings is 1. The van der Waals surface area contributed by atoms with Crippen LogP contribution in [0, 0.1) is 0 Å². The summed E-state index contributed by atoms with van der Waals surface area (Å²) in [6.07, 6.45) is 5.72. The van der Waals surface area contributed by atoms with Crippen molar-refractivity contribution in [3.63, 3.8) is 0 Å². The fourth-order valence-corrected chi connectivity index (χ4v) is 3.36. The first-order valence-corrected chi connectivity index (χ1v) is 9.00. The van der Waals surface area contributed by atoms with Crippen LogP contribution in [0.2, 0.25) is 0 Å². The fraction of sp³-hybridized carbons (Fsp3) is 0.500. The lowest BCUT2D eigenvalue weighted by Crippen LogP contribution is -2.41. The van der Waals surface area contributed by atoms with E-state index in [1.165, 1.54) is 0 Å². The Morgan fingerprint density at radius 3 is 2.72 bits per heavy atom. The van der Waals surface area contributed by atoms with Gasteiger partial charge in [-0.15, -0.1) is 0 Å². The Hall–Kier alpha value is -2.30. The van der Waals surface area contributed by atoms with E-state index in [0.717, 1.165) is 42.8 Å². The maximum atomic E-state index is 12.0. The van der Waals surface area contributed by atoms with Crippen molar-refractivity contribution in [1.29, 1.82) is 0 Å². The van der Waals surface area contributed by atoms with Crippen LogP contribution in [0.5, 0.6) is 0 Å². The molecule has 2 atom stereocenters. The van der Waals surface area contributed by atoms with Gasteiger partial charge < -0.3 is 15.0 Å². The van der Waals surface area contributed by atoms with Crippen molar-refractivity contribution < 1.29 is 9.53 Å². The largest absolute Gasteiger partial charge is 0.444 e. The second-order valence-electron chi connectivity index (χ2n) is 7.76. The molecule has 1 saturated carbocycles. The average Bonchev–Trinajstić information content (AvgIpc) is 3.04. The van der Waals surface area contributed by atoms with Gasteiger partial charge in [-0.25, -0.2) is 9.78 Å². The van der Waals surface area contributed by atoms with Gasteiger partial charge in [0, 0.05) is 29.4 Å². The van der Waals surface area contributed by atoms with Gasteiger partial charge in [0.25, 0.3) is 0 Å². The molecule has 1 aromatic heterocycles. The summed E-state index contributed by atoms with van der Waals surface area (Å²) in [7, 11) is 0. The van der Waals surface area contributed by atoms with Crippen molar-refractivity contribution in [3.05, 3.63) is 42.2 Å². The second kappa shape index (κ2) is 7.30. The molecule has 1 aromatic carbocycles. The lowest BCUT2D eigenvalue weighted by Gasteiger charge is -2.30. The molecule has 0 unspecified atom stereocenters. The van der Waals surface area contributed by atoms with Gasteiger partial charge in [0.1, 0.15) is 11.4 Å². The molecule has 0 aliphatic heterocycles. The van der Waals surface area contributed by atoms with E-state index in [9.17, 15) is 4.79 Å². The van der Waals surface area contributed by atoms with E-state index < -0.39 is 5.60 Å². The van der Waals surface area contributed by atoms with Crippen LogP contribution in [0.4, 0.5) is 4.79 Å². The number of H-pyrrole nitrogens is 1. The monoisotopic (exact) mass is 341 g/mol. The van der Waals surface area contributed by atoms with E-state index in [-0.39, 0.29) is 12.1 Å². The molecule has 5 nitrogen and oxygen atoms in total. The minimum Gasteiger partial charge on any atom is -0.444 e. The number of carbonyl (C=O) groups is 1. The number of rotatable bonds is 3. The van der Waals surface area contributed by atoms with Crippen LogP contribution in [0.15, 0.2) is 36.5 Å². The Labute approximate surface area is 149 Å². The Balaban J connectivity index is 1.62. The number of aromatic amines is 1. The summed E-state index contributed by atoms with van der Waals surface area (Å²) in [5, 5.41) is 3.02. The summed E-state index contributed by atoms with van der Waals surface area (Å²) in [5.41, 5.74) is 1.77. The Kier molecular flexibility index (Phi) is 5.11. The SMILES string of the molecule is CC(C)(C)OC(=O)N[C@@H]1CCC[C@H](c2cnc(-c3ccccc3)[nH]2)C1. The minimum absolute atomic E-state index is 0.150. The lowest BCUT2D eigenvalue weighted by atomic mass is 9.84. The summed E-state index contributed by atoms with van der Waals surface area (Å²) >= 11 is 0. The van der Waals surface area contributed by atoms with Crippen LogP contribution in [0.3, 0.4) is 0 Å². The highest BCUT2D eigenvalue weighted by molar-refractivity contribution is 5.68. The smallest absolute Gasteiger partial charge is 0.407 e. The average molecular weight is 341 g/mol. The van der Waals surface area contributed by atoms with Gasteiger partial charge in [-0.1, -0.05) is 36.8 Å². The van der Waals surface area contributed by atoms with Gasteiger partial charge >= 0.3 is 6.09 Å². The van der Waals surface area contributed by atoms with Crippen molar-refractivity contribution in [1.82, 2.24) is 15.3 Å². The molecule has 1 amide bonds. The van der Waals surface area contributed by atoms with E-state index in [1.54, 1.807) is 0 Å². The zero-order valence-electron chi connectivity index (χ0n) is 15.2.